The average molecular weight is 317 g/mol. The van der Waals surface area contributed by atoms with E-state index in [-0.39, 0.29) is 24.4 Å². The Morgan fingerprint density at radius 3 is 2.68 bits per heavy atom. The van der Waals surface area contributed by atoms with Gasteiger partial charge < -0.3 is 10.6 Å². The second-order valence-electron chi connectivity index (χ2n) is 5.53. The Bertz CT molecular complexity index is 640. The molecule has 0 aromatic heterocycles. The van der Waals surface area contributed by atoms with Crippen molar-refractivity contribution in [2.45, 2.75) is 19.4 Å². The maximum atomic E-state index is 12.2. The minimum absolute atomic E-state index is 0. The minimum Gasteiger partial charge on any atom is -0.350 e. The van der Waals surface area contributed by atoms with Crippen molar-refractivity contribution in [3.63, 3.8) is 0 Å². The molecule has 1 amide bonds. The van der Waals surface area contributed by atoms with Crippen molar-refractivity contribution in [3.8, 4) is 0 Å². The van der Waals surface area contributed by atoms with Gasteiger partial charge in [-0.05, 0) is 43.1 Å². The predicted octanol–water partition coefficient (Wildman–Crippen LogP) is 3.03. The summed E-state index contributed by atoms with van der Waals surface area (Å²) in [6.07, 6.45) is 1.05. The standard InChI is InChI=1S/C18H20N2O.ClH/c1-13-6-8-15(9-7-13)18(21)20-12-17-16-5-3-2-4-14(16)10-11-19-17;/h2-9,17,19H,10-12H2,1H3,(H,20,21);1H. The molecule has 0 spiro atoms. The van der Waals surface area contributed by atoms with Crippen LogP contribution in [0.5, 0.6) is 0 Å². The summed E-state index contributed by atoms with van der Waals surface area (Å²) >= 11 is 0. The van der Waals surface area contributed by atoms with Crippen LogP contribution in [-0.4, -0.2) is 19.0 Å². The Balaban J connectivity index is 0.00000176. The summed E-state index contributed by atoms with van der Waals surface area (Å²) in [6, 6.07) is 16.3. The van der Waals surface area contributed by atoms with Crippen molar-refractivity contribution in [3.05, 3.63) is 70.8 Å². The summed E-state index contributed by atoms with van der Waals surface area (Å²) in [7, 11) is 0. The van der Waals surface area contributed by atoms with Crippen molar-refractivity contribution in [1.29, 1.82) is 0 Å². The summed E-state index contributed by atoms with van der Waals surface area (Å²) < 4.78 is 0. The first-order chi connectivity index (χ1) is 10.2. The van der Waals surface area contributed by atoms with Crippen LogP contribution in [-0.2, 0) is 6.42 Å². The Morgan fingerprint density at radius 2 is 1.91 bits per heavy atom. The molecule has 116 valence electrons. The zero-order valence-corrected chi connectivity index (χ0v) is 13.5. The highest BCUT2D eigenvalue weighted by Gasteiger charge is 2.19. The van der Waals surface area contributed by atoms with Crippen LogP contribution in [0.2, 0.25) is 0 Å². The number of amides is 1. The van der Waals surface area contributed by atoms with E-state index in [0.29, 0.717) is 12.1 Å². The highest BCUT2D eigenvalue weighted by atomic mass is 35.5. The minimum atomic E-state index is -0.0140. The fourth-order valence-corrected chi connectivity index (χ4v) is 2.78. The topological polar surface area (TPSA) is 41.1 Å². The number of nitrogens with one attached hydrogen (secondary N) is 2. The molecule has 1 unspecified atom stereocenters. The van der Waals surface area contributed by atoms with Gasteiger partial charge in [0.2, 0.25) is 0 Å². The van der Waals surface area contributed by atoms with Crippen molar-refractivity contribution in [2.24, 2.45) is 0 Å². The fourth-order valence-electron chi connectivity index (χ4n) is 2.78. The van der Waals surface area contributed by atoms with Gasteiger partial charge in [-0.25, -0.2) is 0 Å². The lowest BCUT2D eigenvalue weighted by Gasteiger charge is -2.27. The summed E-state index contributed by atoms with van der Waals surface area (Å²) in [4.78, 5) is 12.2. The van der Waals surface area contributed by atoms with Gasteiger partial charge in [-0.3, -0.25) is 4.79 Å². The third kappa shape index (κ3) is 3.67. The summed E-state index contributed by atoms with van der Waals surface area (Å²) in [5.41, 5.74) is 4.55. The summed E-state index contributed by atoms with van der Waals surface area (Å²) in [6.45, 7) is 3.59. The monoisotopic (exact) mass is 316 g/mol. The van der Waals surface area contributed by atoms with E-state index in [4.69, 9.17) is 0 Å². The Kier molecular flexibility index (Phi) is 5.58. The molecule has 0 aliphatic carbocycles. The van der Waals surface area contributed by atoms with Crippen LogP contribution in [0.3, 0.4) is 0 Å². The SMILES string of the molecule is Cc1ccc(C(=O)NCC2NCCc3ccccc32)cc1.Cl. The highest BCUT2D eigenvalue weighted by molar-refractivity contribution is 5.94. The van der Waals surface area contributed by atoms with Crippen LogP contribution < -0.4 is 10.6 Å². The van der Waals surface area contributed by atoms with Crippen LogP contribution in [0.4, 0.5) is 0 Å². The van der Waals surface area contributed by atoms with Gasteiger partial charge >= 0.3 is 0 Å². The van der Waals surface area contributed by atoms with Crippen molar-refractivity contribution in [2.75, 3.05) is 13.1 Å². The molecule has 0 saturated carbocycles. The highest BCUT2D eigenvalue weighted by Crippen LogP contribution is 2.21. The van der Waals surface area contributed by atoms with E-state index in [1.165, 1.54) is 11.1 Å². The number of benzene rings is 2. The Labute approximate surface area is 137 Å². The first-order valence-electron chi connectivity index (χ1n) is 7.40. The molecular weight excluding hydrogens is 296 g/mol. The van der Waals surface area contributed by atoms with E-state index in [9.17, 15) is 4.79 Å². The van der Waals surface area contributed by atoms with Crippen LogP contribution in [0.25, 0.3) is 0 Å². The number of carbonyl (C=O) groups is 1. The number of carbonyl (C=O) groups excluding carboxylic acids is 1. The largest absolute Gasteiger partial charge is 0.350 e. The van der Waals surface area contributed by atoms with Crippen LogP contribution >= 0.6 is 12.4 Å². The number of hydrogen-bond acceptors (Lipinski definition) is 2. The van der Waals surface area contributed by atoms with Gasteiger partial charge in [0.15, 0.2) is 0 Å². The van der Waals surface area contributed by atoms with E-state index in [1.54, 1.807) is 0 Å². The smallest absolute Gasteiger partial charge is 0.251 e. The third-order valence-corrected chi connectivity index (χ3v) is 4.00. The van der Waals surface area contributed by atoms with Gasteiger partial charge in [-0.15, -0.1) is 12.4 Å². The average Bonchev–Trinajstić information content (AvgIpc) is 2.53. The molecule has 3 rings (SSSR count). The zero-order valence-electron chi connectivity index (χ0n) is 12.6. The molecule has 2 N–H and O–H groups in total. The van der Waals surface area contributed by atoms with E-state index in [1.807, 2.05) is 31.2 Å². The second-order valence-corrected chi connectivity index (χ2v) is 5.53. The molecule has 0 fully saturated rings. The van der Waals surface area contributed by atoms with Crippen molar-refractivity contribution in [1.82, 2.24) is 10.6 Å². The lowest BCUT2D eigenvalue weighted by atomic mass is 9.94. The van der Waals surface area contributed by atoms with Gasteiger partial charge in [-0.1, -0.05) is 42.0 Å². The lowest BCUT2D eigenvalue weighted by molar-refractivity contribution is 0.0949. The van der Waals surface area contributed by atoms with Crippen molar-refractivity contribution >= 4 is 18.3 Å². The van der Waals surface area contributed by atoms with E-state index in [2.05, 4.69) is 34.9 Å². The van der Waals surface area contributed by atoms with Crippen molar-refractivity contribution < 1.29 is 4.79 Å². The van der Waals surface area contributed by atoms with Gasteiger partial charge in [0, 0.05) is 18.2 Å². The lowest BCUT2D eigenvalue weighted by Crippen LogP contribution is -2.38. The third-order valence-electron chi connectivity index (χ3n) is 4.00. The Morgan fingerprint density at radius 1 is 1.18 bits per heavy atom. The molecule has 1 heterocycles. The van der Waals surface area contributed by atoms with E-state index < -0.39 is 0 Å². The fraction of sp³-hybridized carbons (Fsp3) is 0.278. The molecule has 1 aliphatic heterocycles. The Hall–Kier alpha value is -1.84. The van der Waals surface area contributed by atoms with Crippen LogP contribution in [0.15, 0.2) is 48.5 Å². The second kappa shape index (κ2) is 7.43. The molecule has 0 bridgehead atoms. The van der Waals surface area contributed by atoms with E-state index in [0.717, 1.165) is 18.5 Å². The van der Waals surface area contributed by atoms with Gasteiger partial charge in [-0.2, -0.15) is 0 Å². The molecular formula is C18H21ClN2O. The number of hydrogen-bond donors (Lipinski definition) is 2. The number of halogens is 1. The molecule has 4 heteroatoms. The molecule has 0 saturated heterocycles. The summed E-state index contributed by atoms with van der Waals surface area (Å²) in [5, 5.41) is 6.50. The first-order valence-corrected chi connectivity index (χ1v) is 7.40. The molecule has 1 atom stereocenters. The number of aryl methyl sites for hydroxylation is 1. The normalized spacial score (nSPS) is 16.3. The quantitative estimate of drug-likeness (QED) is 0.914. The predicted molar refractivity (Wildman–Crippen MR) is 91.6 cm³/mol. The molecule has 2 aromatic carbocycles. The van der Waals surface area contributed by atoms with Gasteiger partial charge in [0.05, 0.1) is 0 Å². The number of fused-ring (bicyclic) bond motifs is 1. The van der Waals surface area contributed by atoms with Gasteiger partial charge in [0.25, 0.3) is 5.91 Å². The number of rotatable bonds is 3. The molecule has 3 nitrogen and oxygen atoms in total. The molecule has 1 aliphatic rings. The maximum absolute atomic E-state index is 12.2. The van der Waals surface area contributed by atoms with Crippen LogP contribution in [0.1, 0.15) is 33.1 Å². The van der Waals surface area contributed by atoms with Crippen LogP contribution in [0, 0.1) is 6.92 Å². The summed E-state index contributed by atoms with van der Waals surface area (Å²) in [5.74, 6) is -0.0140. The first kappa shape index (κ1) is 16.5. The maximum Gasteiger partial charge on any atom is 0.251 e. The van der Waals surface area contributed by atoms with Gasteiger partial charge in [0.1, 0.15) is 0 Å². The molecule has 22 heavy (non-hydrogen) atoms. The molecule has 0 radical (unpaired) electrons. The van der Waals surface area contributed by atoms with E-state index >= 15 is 0 Å². The zero-order chi connectivity index (χ0) is 14.7. The molecule has 2 aromatic rings.